The van der Waals surface area contributed by atoms with E-state index >= 15 is 0 Å². The molecule has 0 radical (unpaired) electrons. The molecule has 1 aliphatic rings. The van der Waals surface area contributed by atoms with Crippen LogP contribution in [0.15, 0.2) is 22.8 Å². The van der Waals surface area contributed by atoms with Gasteiger partial charge in [0.15, 0.2) is 0 Å². The molecule has 0 N–H and O–H groups in total. The van der Waals surface area contributed by atoms with Crippen LogP contribution in [0.2, 0.25) is 0 Å². The van der Waals surface area contributed by atoms with E-state index in [1.54, 1.807) is 6.26 Å². The lowest BCUT2D eigenvalue weighted by molar-refractivity contribution is -0.136. The second-order valence-corrected chi connectivity index (χ2v) is 4.69. The van der Waals surface area contributed by atoms with Gasteiger partial charge in [0.05, 0.1) is 12.8 Å². The van der Waals surface area contributed by atoms with Crippen LogP contribution in [0.25, 0.3) is 0 Å². The maximum absolute atomic E-state index is 12.2. The summed E-state index contributed by atoms with van der Waals surface area (Å²) in [6.45, 7) is 4.11. The molecule has 1 aromatic rings. The van der Waals surface area contributed by atoms with Crippen molar-refractivity contribution < 1.29 is 13.9 Å². The lowest BCUT2D eigenvalue weighted by Crippen LogP contribution is -2.42. The topological polar surface area (TPSA) is 42.7 Å². The molecule has 1 amide bonds. The van der Waals surface area contributed by atoms with Gasteiger partial charge in [-0.2, -0.15) is 0 Å². The Morgan fingerprint density at radius 1 is 1.44 bits per heavy atom. The first kappa shape index (κ1) is 13.1. The van der Waals surface area contributed by atoms with Gasteiger partial charge in [-0.15, -0.1) is 0 Å². The van der Waals surface area contributed by atoms with Crippen molar-refractivity contribution in [2.24, 2.45) is 0 Å². The number of ether oxygens (including phenoxy) is 1. The first-order valence-corrected chi connectivity index (χ1v) is 6.71. The monoisotopic (exact) mass is 251 g/mol. The predicted octanol–water partition coefficient (Wildman–Crippen LogP) is 2.59. The quantitative estimate of drug-likeness (QED) is 0.807. The van der Waals surface area contributed by atoms with Gasteiger partial charge in [-0.25, -0.2) is 0 Å². The minimum atomic E-state index is 0.223. The van der Waals surface area contributed by atoms with Gasteiger partial charge < -0.3 is 14.1 Å². The van der Waals surface area contributed by atoms with E-state index in [0.29, 0.717) is 19.0 Å². The van der Waals surface area contributed by atoms with Crippen LogP contribution in [0.4, 0.5) is 0 Å². The highest BCUT2D eigenvalue weighted by Crippen LogP contribution is 2.19. The average Bonchev–Trinajstić information content (AvgIpc) is 2.90. The van der Waals surface area contributed by atoms with E-state index in [9.17, 15) is 4.79 Å². The predicted molar refractivity (Wildman–Crippen MR) is 68.0 cm³/mol. The molecule has 4 heteroatoms. The van der Waals surface area contributed by atoms with Gasteiger partial charge in [-0.05, 0) is 31.4 Å². The molecule has 100 valence electrons. The van der Waals surface area contributed by atoms with Gasteiger partial charge in [-0.1, -0.05) is 6.92 Å². The maximum Gasteiger partial charge on any atom is 0.223 e. The minimum absolute atomic E-state index is 0.223. The zero-order chi connectivity index (χ0) is 12.8. The van der Waals surface area contributed by atoms with Gasteiger partial charge in [0, 0.05) is 25.7 Å². The van der Waals surface area contributed by atoms with E-state index in [-0.39, 0.29) is 5.91 Å². The van der Waals surface area contributed by atoms with Gasteiger partial charge in [-0.3, -0.25) is 4.79 Å². The number of nitrogens with zero attached hydrogens (tertiary/aromatic N) is 1. The summed E-state index contributed by atoms with van der Waals surface area (Å²) in [7, 11) is 0. The maximum atomic E-state index is 12.2. The van der Waals surface area contributed by atoms with Gasteiger partial charge in [0.1, 0.15) is 5.76 Å². The summed E-state index contributed by atoms with van der Waals surface area (Å²) >= 11 is 0. The lowest BCUT2D eigenvalue weighted by Gasteiger charge is -2.33. The number of carbonyl (C=O) groups excluding carboxylic acids is 1. The molecule has 0 atom stereocenters. The van der Waals surface area contributed by atoms with Crippen LogP contribution in [0.5, 0.6) is 0 Å². The Kier molecular flexibility index (Phi) is 4.81. The van der Waals surface area contributed by atoms with Crippen molar-refractivity contribution >= 4 is 5.91 Å². The fraction of sp³-hybridized carbons (Fsp3) is 0.643. The van der Waals surface area contributed by atoms with E-state index in [1.807, 2.05) is 24.0 Å². The Bertz CT molecular complexity index is 355. The molecule has 0 aromatic carbocycles. The third-order valence-electron chi connectivity index (χ3n) is 3.32. The highest BCUT2D eigenvalue weighted by Gasteiger charge is 2.25. The Labute approximate surface area is 108 Å². The summed E-state index contributed by atoms with van der Waals surface area (Å²) in [6, 6.07) is 4.08. The van der Waals surface area contributed by atoms with Crippen molar-refractivity contribution in [1.82, 2.24) is 4.90 Å². The van der Waals surface area contributed by atoms with Gasteiger partial charge >= 0.3 is 0 Å². The van der Waals surface area contributed by atoms with Gasteiger partial charge in [0.2, 0.25) is 5.91 Å². The van der Waals surface area contributed by atoms with E-state index in [2.05, 4.69) is 0 Å². The highest BCUT2D eigenvalue weighted by molar-refractivity contribution is 5.76. The first-order valence-electron chi connectivity index (χ1n) is 6.71. The van der Waals surface area contributed by atoms with E-state index < -0.39 is 0 Å². The minimum Gasteiger partial charge on any atom is -0.467 e. The molecular weight excluding hydrogens is 230 g/mol. The second kappa shape index (κ2) is 6.59. The summed E-state index contributed by atoms with van der Waals surface area (Å²) in [4.78, 5) is 14.2. The molecule has 2 rings (SSSR count). The van der Waals surface area contributed by atoms with Crippen LogP contribution in [-0.4, -0.2) is 30.1 Å². The molecular formula is C14H21NO3. The molecule has 0 aliphatic carbocycles. The third kappa shape index (κ3) is 3.35. The van der Waals surface area contributed by atoms with Crippen LogP contribution in [0.3, 0.4) is 0 Å². The molecule has 1 aromatic heterocycles. The molecule has 0 spiro atoms. The zero-order valence-electron chi connectivity index (χ0n) is 10.9. The zero-order valence-corrected chi connectivity index (χ0v) is 10.9. The summed E-state index contributed by atoms with van der Waals surface area (Å²) in [5, 5.41) is 0. The second-order valence-electron chi connectivity index (χ2n) is 4.69. The molecule has 18 heavy (non-hydrogen) atoms. The Hall–Kier alpha value is -1.29. The number of amides is 1. The number of hydrogen-bond donors (Lipinski definition) is 0. The van der Waals surface area contributed by atoms with Crippen molar-refractivity contribution in [3.05, 3.63) is 24.2 Å². The highest BCUT2D eigenvalue weighted by atomic mass is 16.5. The Morgan fingerprint density at radius 2 is 2.22 bits per heavy atom. The number of rotatable bonds is 5. The molecule has 1 aliphatic heterocycles. The van der Waals surface area contributed by atoms with Crippen LogP contribution in [0.1, 0.15) is 38.4 Å². The summed E-state index contributed by atoms with van der Waals surface area (Å²) in [5.41, 5.74) is 0. The molecule has 0 saturated carbocycles. The van der Waals surface area contributed by atoms with Gasteiger partial charge in [0.25, 0.3) is 0 Å². The molecule has 1 fully saturated rings. The average molecular weight is 251 g/mol. The van der Waals surface area contributed by atoms with Crippen LogP contribution >= 0.6 is 0 Å². The number of furan rings is 1. The first-order chi connectivity index (χ1) is 8.81. The van der Waals surface area contributed by atoms with Crippen LogP contribution < -0.4 is 0 Å². The van der Waals surface area contributed by atoms with Crippen molar-refractivity contribution in [3.8, 4) is 0 Å². The summed E-state index contributed by atoms with van der Waals surface area (Å²) < 4.78 is 10.7. The normalized spacial score (nSPS) is 16.7. The van der Waals surface area contributed by atoms with E-state index in [1.165, 1.54) is 0 Å². The summed E-state index contributed by atoms with van der Waals surface area (Å²) in [5.74, 6) is 1.08. The fourth-order valence-corrected chi connectivity index (χ4v) is 2.35. The Morgan fingerprint density at radius 3 is 2.83 bits per heavy atom. The lowest BCUT2D eigenvalue weighted by atomic mass is 10.1. The smallest absolute Gasteiger partial charge is 0.223 e. The molecule has 2 heterocycles. The number of hydrogen-bond acceptors (Lipinski definition) is 3. The molecule has 0 unspecified atom stereocenters. The molecule has 4 nitrogen and oxygen atoms in total. The molecule has 0 bridgehead atoms. The largest absolute Gasteiger partial charge is 0.467 e. The molecule has 1 saturated heterocycles. The van der Waals surface area contributed by atoms with Crippen LogP contribution in [0, 0.1) is 0 Å². The van der Waals surface area contributed by atoms with Crippen molar-refractivity contribution in [2.75, 3.05) is 13.2 Å². The van der Waals surface area contributed by atoms with E-state index in [0.717, 1.165) is 38.2 Å². The van der Waals surface area contributed by atoms with Crippen molar-refractivity contribution in [1.29, 1.82) is 0 Å². The SMILES string of the molecule is CCCC(=O)N(Cc1ccco1)C1CCOCC1. The fourth-order valence-electron chi connectivity index (χ4n) is 2.35. The van der Waals surface area contributed by atoms with Crippen molar-refractivity contribution in [2.45, 2.75) is 45.2 Å². The number of carbonyl (C=O) groups is 1. The Balaban J connectivity index is 2.03. The van der Waals surface area contributed by atoms with Crippen LogP contribution in [-0.2, 0) is 16.1 Å². The summed E-state index contributed by atoms with van der Waals surface area (Å²) in [6.07, 6.45) is 5.00. The standard InChI is InChI=1S/C14H21NO3/c1-2-4-14(16)15(11-13-5-3-8-18-13)12-6-9-17-10-7-12/h3,5,8,12H,2,4,6-7,9-11H2,1H3. The van der Waals surface area contributed by atoms with E-state index in [4.69, 9.17) is 9.15 Å². The third-order valence-corrected chi connectivity index (χ3v) is 3.32. The van der Waals surface area contributed by atoms with Crippen molar-refractivity contribution in [3.63, 3.8) is 0 Å².